The van der Waals surface area contributed by atoms with Crippen molar-refractivity contribution in [2.45, 2.75) is 38.3 Å². The van der Waals surface area contributed by atoms with Gasteiger partial charge in [0.15, 0.2) is 0 Å². The van der Waals surface area contributed by atoms with Gasteiger partial charge in [-0.2, -0.15) is 0 Å². The Labute approximate surface area is 176 Å². The Balaban J connectivity index is 1.50. The van der Waals surface area contributed by atoms with Crippen molar-refractivity contribution in [3.05, 3.63) is 102 Å². The normalized spacial score (nSPS) is 12.7. The highest BCUT2D eigenvalue weighted by atomic mass is 19.1. The van der Waals surface area contributed by atoms with Crippen molar-refractivity contribution in [2.75, 3.05) is 0 Å². The van der Waals surface area contributed by atoms with Crippen LogP contribution in [0.3, 0.4) is 0 Å². The zero-order valence-electron chi connectivity index (χ0n) is 16.7. The number of benzene rings is 3. The Hall–Kier alpha value is -3.18. The number of hydrogen-bond acceptors (Lipinski definition) is 3. The van der Waals surface area contributed by atoms with Gasteiger partial charge in [0.25, 0.3) is 5.91 Å². The standard InChI is InChI=1S/C25H26FNO3/c26-24(25(29)27-17-19-9-3-1-4-10-19)22(28)16-15-21-13-7-8-14-23(21)30-18-20-11-5-2-6-12-20/h1-14,22,24,28H,15-18H2,(H,27,29). The number of alkyl halides is 1. The Bertz CT molecular complexity index is 918. The molecule has 0 radical (unpaired) electrons. The van der Waals surface area contributed by atoms with Crippen LogP contribution in [0.5, 0.6) is 5.75 Å². The fourth-order valence-electron chi connectivity index (χ4n) is 3.09. The van der Waals surface area contributed by atoms with Crippen LogP contribution >= 0.6 is 0 Å². The van der Waals surface area contributed by atoms with Crippen LogP contribution in [0.4, 0.5) is 4.39 Å². The lowest BCUT2D eigenvalue weighted by Crippen LogP contribution is -2.39. The topological polar surface area (TPSA) is 58.6 Å². The largest absolute Gasteiger partial charge is 0.489 e. The van der Waals surface area contributed by atoms with Crippen molar-refractivity contribution < 1.29 is 19.0 Å². The highest BCUT2D eigenvalue weighted by Gasteiger charge is 2.26. The van der Waals surface area contributed by atoms with E-state index in [1.165, 1.54) is 0 Å². The molecular weight excluding hydrogens is 381 g/mol. The summed E-state index contributed by atoms with van der Waals surface area (Å²) in [6, 6.07) is 26.5. The molecule has 2 unspecified atom stereocenters. The first kappa shape index (κ1) is 21.5. The van der Waals surface area contributed by atoms with Crippen molar-refractivity contribution in [3.8, 4) is 5.75 Å². The minimum absolute atomic E-state index is 0.117. The predicted molar refractivity (Wildman–Crippen MR) is 115 cm³/mol. The van der Waals surface area contributed by atoms with Gasteiger partial charge in [-0.1, -0.05) is 78.9 Å². The van der Waals surface area contributed by atoms with Crippen molar-refractivity contribution in [2.24, 2.45) is 0 Å². The van der Waals surface area contributed by atoms with E-state index in [9.17, 15) is 14.3 Å². The second-order valence-corrected chi connectivity index (χ2v) is 7.09. The summed E-state index contributed by atoms with van der Waals surface area (Å²) in [6.45, 7) is 0.650. The number of ether oxygens (including phenoxy) is 1. The molecule has 0 bridgehead atoms. The van der Waals surface area contributed by atoms with Gasteiger partial charge < -0.3 is 15.2 Å². The third-order valence-corrected chi connectivity index (χ3v) is 4.82. The number of aryl methyl sites for hydroxylation is 1. The van der Waals surface area contributed by atoms with E-state index in [-0.39, 0.29) is 13.0 Å². The van der Waals surface area contributed by atoms with E-state index in [1.54, 1.807) is 0 Å². The molecule has 0 aliphatic heterocycles. The molecule has 1 amide bonds. The quantitative estimate of drug-likeness (QED) is 0.529. The number of halogens is 1. The van der Waals surface area contributed by atoms with Crippen molar-refractivity contribution in [3.63, 3.8) is 0 Å². The molecule has 0 heterocycles. The Morgan fingerprint density at radius 1 is 0.900 bits per heavy atom. The zero-order chi connectivity index (χ0) is 21.2. The van der Waals surface area contributed by atoms with Gasteiger partial charge in [0.05, 0.1) is 6.10 Å². The minimum atomic E-state index is -1.98. The second-order valence-electron chi connectivity index (χ2n) is 7.09. The fraction of sp³-hybridized carbons (Fsp3) is 0.240. The molecular formula is C25H26FNO3. The molecule has 2 N–H and O–H groups in total. The van der Waals surface area contributed by atoms with Crippen molar-refractivity contribution in [1.82, 2.24) is 5.32 Å². The van der Waals surface area contributed by atoms with E-state index in [4.69, 9.17) is 4.74 Å². The molecule has 30 heavy (non-hydrogen) atoms. The van der Waals surface area contributed by atoms with Crippen molar-refractivity contribution in [1.29, 1.82) is 0 Å². The molecule has 3 aromatic carbocycles. The van der Waals surface area contributed by atoms with Crippen molar-refractivity contribution >= 4 is 5.91 Å². The molecule has 5 heteroatoms. The fourth-order valence-corrected chi connectivity index (χ4v) is 3.09. The van der Waals surface area contributed by atoms with Gasteiger partial charge in [0.1, 0.15) is 12.4 Å². The summed E-state index contributed by atoms with van der Waals surface area (Å²) < 4.78 is 20.3. The third kappa shape index (κ3) is 6.42. The highest BCUT2D eigenvalue weighted by Crippen LogP contribution is 2.22. The molecule has 0 fully saturated rings. The minimum Gasteiger partial charge on any atom is -0.489 e. The lowest BCUT2D eigenvalue weighted by molar-refractivity contribution is -0.130. The summed E-state index contributed by atoms with van der Waals surface area (Å²) in [5.74, 6) is -0.113. The number of amides is 1. The first-order valence-corrected chi connectivity index (χ1v) is 10.0. The maximum Gasteiger partial charge on any atom is 0.257 e. The van der Waals surface area contributed by atoms with E-state index >= 15 is 0 Å². The maximum absolute atomic E-state index is 14.4. The summed E-state index contributed by atoms with van der Waals surface area (Å²) in [4.78, 5) is 12.0. The Kier molecular flexibility index (Phi) is 7.98. The van der Waals surface area contributed by atoms with Gasteiger partial charge in [-0.3, -0.25) is 4.79 Å². The smallest absolute Gasteiger partial charge is 0.257 e. The SMILES string of the molecule is O=C(NCc1ccccc1)C(F)C(O)CCc1ccccc1OCc1ccccc1. The van der Waals surface area contributed by atoms with Crippen LogP contribution in [-0.2, 0) is 24.4 Å². The van der Waals surface area contributed by atoms with Crippen LogP contribution in [0, 0.1) is 0 Å². The van der Waals surface area contributed by atoms with Crippen LogP contribution in [0.1, 0.15) is 23.1 Å². The number of aliphatic hydroxyl groups excluding tert-OH is 1. The Morgan fingerprint density at radius 2 is 1.50 bits per heavy atom. The lowest BCUT2D eigenvalue weighted by atomic mass is 10.0. The molecule has 0 aromatic heterocycles. The van der Waals surface area contributed by atoms with Crippen LogP contribution < -0.4 is 10.1 Å². The molecule has 2 atom stereocenters. The van der Waals surface area contributed by atoms with Gasteiger partial charge in [-0.25, -0.2) is 4.39 Å². The second kappa shape index (κ2) is 11.1. The number of rotatable bonds is 10. The summed E-state index contributed by atoms with van der Waals surface area (Å²) in [5.41, 5.74) is 2.78. The summed E-state index contributed by atoms with van der Waals surface area (Å²) in [6.07, 6.45) is -2.85. The van der Waals surface area contributed by atoms with Gasteiger partial charge in [0.2, 0.25) is 6.17 Å². The molecule has 0 aliphatic carbocycles. The summed E-state index contributed by atoms with van der Waals surface area (Å²) in [5, 5.41) is 12.7. The van der Waals surface area contributed by atoms with E-state index in [1.807, 2.05) is 84.9 Å². The van der Waals surface area contributed by atoms with Crippen LogP contribution in [0.2, 0.25) is 0 Å². The highest BCUT2D eigenvalue weighted by molar-refractivity contribution is 5.81. The Morgan fingerprint density at radius 3 is 2.20 bits per heavy atom. The maximum atomic E-state index is 14.4. The molecule has 0 aliphatic rings. The van der Waals surface area contributed by atoms with Gasteiger partial charge in [-0.15, -0.1) is 0 Å². The predicted octanol–water partition coefficient (Wildman–Crippen LogP) is 4.21. The zero-order valence-corrected chi connectivity index (χ0v) is 16.7. The molecule has 156 valence electrons. The number of hydrogen-bond donors (Lipinski definition) is 2. The van der Waals surface area contributed by atoms with Crippen LogP contribution in [0.15, 0.2) is 84.9 Å². The van der Waals surface area contributed by atoms with E-state index < -0.39 is 18.2 Å². The number of nitrogens with one attached hydrogen (secondary N) is 1. The number of para-hydroxylation sites is 1. The van der Waals surface area contributed by atoms with Gasteiger partial charge in [0, 0.05) is 6.54 Å². The first-order chi connectivity index (χ1) is 14.6. The number of carbonyl (C=O) groups is 1. The average Bonchev–Trinajstić information content (AvgIpc) is 2.81. The molecule has 0 saturated heterocycles. The average molecular weight is 407 g/mol. The van der Waals surface area contributed by atoms with Crippen LogP contribution in [0.25, 0.3) is 0 Å². The van der Waals surface area contributed by atoms with Crippen LogP contribution in [-0.4, -0.2) is 23.3 Å². The van der Waals surface area contributed by atoms with E-state index in [0.717, 1.165) is 16.7 Å². The number of aliphatic hydroxyl groups is 1. The van der Waals surface area contributed by atoms with Gasteiger partial charge in [-0.05, 0) is 35.6 Å². The summed E-state index contributed by atoms with van der Waals surface area (Å²) >= 11 is 0. The molecule has 0 saturated carbocycles. The monoisotopic (exact) mass is 407 g/mol. The first-order valence-electron chi connectivity index (χ1n) is 10.0. The third-order valence-electron chi connectivity index (χ3n) is 4.82. The lowest BCUT2D eigenvalue weighted by Gasteiger charge is -2.17. The van der Waals surface area contributed by atoms with E-state index in [0.29, 0.717) is 18.8 Å². The summed E-state index contributed by atoms with van der Waals surface area (Å²) in [7, 11) is 0. The molecule has 3 aromatic rings. The molecule has 4 nitrogen and oxygen atoms in total. The van der Waals surface area contributed by atoms with Gasteiger partial charge >= 0.3 is 0 Å². The number of carbonyl (C=O) groups excluding carboxylic acids is 1. The molecule has 3 rings (SSSR count). The molecule has 0 spiro atoms. The van der Waals surface area contributed by atoms with E-state index in [2.05, 4.69) is 5.32 Å².